The van der Waals surface area contributed by atoms with E-state index in [1.807, 2.05) is 30.3 Å². The van der Waals surface area contributed by atoms with E-state index in [9.17, 15) is 18.0 Å². The van der Waals surface area contributed by atoms with Gasteiger partial charge in [-0.1, -0.05) is 30.3 Å². The highest BCUT2D eigenvalue weighted by molar-refractivity contribution is 7.90. The summed E-state index contributed by atoms with van der Waals surface area (Å²) in [4.78, 5) is 23.4. The number of sulfone groups is 1. The van der Waals surface area contributed by atoms with Crippen LogP contribution in [0.15, 0.2) is 71.6 Å². The molecule has 0 aliphatic carbocycles. The fraction of sp³-hybridized carbons (Fsp3) is 0.231. The molecule has 0 fully saturated rings. The lowest BCUT2D eigenvalue weighted by molar-refractivity contribution is -0.131. The summed E-state index contributed by atoms with van der Waals surface area (Å²) >= 11 is 0. The van der Waals surface area contributed by atoms with E-state index in [4.69, 9.17) is 4.74 Å². The Bertz CT molecular complexity index is 1320. The van der Waals surface area contributed by atoms with Crippen LogP contribution in [0.4, 0.5) is 10.5 Å². The topological polar surface area (TPSA) is 114 Å². The summed E-state index contributed by atoms with van der Waals surface area (Å²) in [5.41, 5.74) is 4.58. The first-order valence-corrected chi connectivity index (χ1v) is 12.9. The number of rotatable bonds is 8. The number of hydrogen-bond acceptors (Lipinski definition) is 6. The molecule has 4 rings (SSSR count). The standard InChI is InChI=1S/C26H27N3O5S/c1-18(30)34-24-8-3-19(4-9-24)12-13-28-26(31)29-23-6-10-25(11-7-23)35(32,33)17-20-2-5-21-15-27-16-22(21)14-20/h2-11,14,27H,12-13,15-17H2,1H3,(H2,28,29,31). The normalized spacial score (nSPS) is 12.6. The van der Waals surface area contributed by atoms with E-state index in [0.29, 0.717) is 24.4 Å². The van der Waals surface area contributed by atoms with Gasteiger partial charge >= 0.3 is 12.0 Å². The van der Waals surface area contributed by atoms with Gasteiger partial charge in [0.1, 0.15) is 5.75 Å². The lowest BCUT2D eigenvalue weighted by atomic mass is 10.1. The summed E-state index contributed by atoms with van der Waals surface area (Å²) in [6, 6.07) is 18.6. The largest absolute Gasteiger partial charge is 0.427 e. The molecular formula is C26H27N3O5S. The molecule has 9 heteroatoms. The van der Waals surface area contributed by atoms with Gasteiger partial charge in [0.15, 0.2) is 9.84 Å². The Balaban J connectivity index is 1.26. The van der Waals surface area contributed by atoms with E-state index < -0.39 is 9.84 Å². The van der Waals surface area contributed by atoms with E-state index in [1.165, 1.54) is 24.6 Å². The zero-order chi connectivity index (χ0) is 24.8. The first kappa shape index (κ1) is 24.4. The van der Waals surface area contributed by atoms with Gasteiger partial charge in [-0.15, -0.1) is 0 Å². The van der Waals surface area contributed by atoms with Gasteiger partial charge in [0.25, 0.3) is 0 Å². The highest BCUT2D eigenvalue weighted by Crippen LogP contribution is 2.22. The van der Waals surface area contributed by atoms with Crippen molar-refractivity contribution in [2.75, 3.05) is 11.9 Å². The van der Waals surface area contributed by atoms with Crippen LogP contribution in [0.3, 0.4) is 0 Å². The number of fused-ring (bicyclic) bond motifs is 1. The van der Waals surface area contributed by atoms with Crippen LogP contribution < -0.4 is 20.7 Å². The van der Waals surface area contributed by atoms with Crippen LogP contribution >= 0.6 is 0 Å². The van der Waals surface area contributed by atoms with Crippen LogP contribution in [0, 0.1) is 0 Å². The van der Waals surface area contributed by atoms with Crippen molar-refractivity contribution in [1.82, 2.24) is 10.6 Å². The smallest absolute Gasteiger partial charge is 0.319 e. The Hall–Kier alpha value is -3.69. The summed E-state index contributed by atoms with van der Waals surface area (Å²) < 4.78 is 30.7. The molecule has 3 N–H and O–H groups in total. The third kappa shape index (κ3) is 6.68. The molecule has 0 unspecified atom stereocenters. The number of benzene rings is 3. The summed E-state index contributed by atoms with van der Waals surface area (Å²) in [6.45, 7) is 3.32. The number of urea groups is 1. The summed E-state index contributed by atoms with van der Waals surface area (Å²) in [5, 5.41) is 8.73. The number of anilines is 1. The lowest BCUT2D eigenvalue weighted by Gasteiger charge is -2.10. The number of ether oxygens (including phenoxy) is 1. The first-order valence-electron chi connectivity index (χ1n) is 11.2. The second-order valence-corrected chi connectivity index (χ2v) is 10.3. The zero-order valence-electron chi connectivity index (χ0n) is 19.3. The molecule has 1 aliphatic rings. The van der Waals surface area contributed by atoms with Crippen LogP contribution in [-0.2, 0) is 39.9 Å². The van der Waals surface area contributed by atoms with Crippen molar-refractivity contribution in [3.8, 4) is 5.75 Å². The van der Waals surface area contributed by atoms with Crippen molar-refractivity contribution in [2.45, 2.75) is 37.1 Å². The average molecular weight is 494 g/mol. The predicted molar refractivity (Wildman–Crippen MR) is 133 cm³/mol. The summed E-state index contributed by atoms with van der Waals surface area (Å²) in [6.07, 6.45) is 0.601. The molecule has 0 aromatic heterocycles. The van der Waals surface area contributed by atoms with Crippen molar-refractivity contribution in [1.29, 1.82) is 0 Å². The highest BCUT2D eigenvalue weighted by atomic mass is 32.2. The first-order chi connectivity index (χ1) is 16.8. The van der Waals surface area contributed by atoms with Gasteiger partial charge in [0, 0.05) is 32.2 Å². The minimum Gasteiger partial charge on any atom is -0.427 e. The summed E-state index contributed by atoms with van der Waals surface area (Å²) in [5.74, 6) is 0.0237. The van der Waals surface area contributed by atoms with E-state index in [0.717, 1.165) is 29.8 Å². The van der Waals surface area contributed by atoms with Gasteiger partial charge in [-0.05, 0) is 65.1 Å². The molecule has 0 saturated carbocycles. The molecule has 1 aliphatic heterocycles. The minimum atomic E-state index is -3.51. The third-order valence-electron chi connectivity index (χ3n) is 5.61. The second-order valence-electron chi connectivity index (χ2n) is 8.36. The fourth-order valence-electron chi connectivity index (χ4n) is 3.87. The Kier molecular flexibility index (Phi) is 7.48. The molecule has 2 amide bonds. The molecule has 0 radical (unpaired) electrons. The van der Waals surface area contributed by atoms with Gasteiger partial charge in [-0.25, -0.2) is 13.2 Å². The van der Waals surface area contributed by atoms with E-state index >= 15 is 0 Å². The third-order valence-corrected chi connectivity index (χ3v) is 7.32. The van der Waals surface area contributed by atoms with Crippen molar-refractivity contribution < 1.29 is 22.7 Å². The predicted octanol–water partition coefficient (Wildman–Crippen LogP) is 3.55. The molecule has 0 saturated heterocycles. The number of hydrogen-bond donors (Lipinski definition) is 3. The summed E-state index contributed by atoms with van der Waals surface area (Å²) in [7, 11) is -3.51. The van der Waals surface area contributed by atoms with Gasteiger partial charge in [0.05, 0.1) is 10.6 Å². The molecule has 182 valence electrons. The van der Waals surface area contributed by atoms with Crippen LogP contribution in [0.1, 0.15) is 29.2 Å². The number of esters is 1. The number of carbonyl (C=O) groups is 2. The van der Waals surface area contributed by atoms with Crippen LogP contribution in [0.25, 0.3) is 0 Å². The highest BCUT2D eigenvalue weighted by Gasteiger charge is 2.18. The monoisotopic (exact) mass is 493 g/mol. The maximum atomic E-state index is 12.8. The molecule has 3 aromatic carbocycles. The Morgan fingerprint density at radius 2 is 1.60 bits per heavy atom. The van der Waals surface area contributed by atoms with Gasteiger partial charge in [0.2, 0.25) is 0 Å². The van der Waals surface area contributed by atoms with Crippen LogP contribution in [0.2, 0.25) is 0 Å². The van der Waals surface area contributed by atoms with Crippen molar-refractivity contribution >= 4 is 27.5 Å². The number of carbonyl (C=O) groups excluding carboxylic acids is 2. The maximum Gasteiger partial charge on any atom is 0.319 e. The lowest BCUT2D eigenvalue weighted by Crippen LogP contribution is -2.30. The quantitative estimate of drug-likeness (QED) is 0.327. The van der Waals surface area contributed by atoms with E-state index in [-0.39, 0.29) is 22.6 Å². The second kappa shape index (κ2) is 10.7. The molecular weight excluding hydrogens is 466 g/mol. The SMILES string of the molecule is CC(=O)Oc1ccc(CCNC(=O)Nc2ccc(S(=O)(=O)Cc3ccc4c(c3)CNC4)cc2)cc1. The molecule has 0 bridgehead atoms. The molecule has 35 heavy (non-hydrogen) atoms. The maximum absolute atomic E-state index is 12.8. The van der Waals surface area contributed by atoms with E-state index in [1.54, 1.807) is 24.3 Å². The van der Waals surface area contributed by atoms with Gasteiger partial charge < -0.3 is 20.7 Å². The Morgan fingerprint density at radius 3 is 2.31 bits per heavy atom. The molecule has 3 aromatic rings. The van der Waals surface area contributed by atoms with Crippen LogP contribution in [-0.4, -0.2) is 27.0 Å². The van der Waals surface area contributed by atoms with Crippen molar-refractivity contribution in [2.24, 2.45) is 0 Å². The molecule has 1 heterocycles. The molecule has 0 atom stereocenters. The number of nitrogens with one attached hydrogen (secondary N) is 3. The van der Waals surface area contributed by atoms with Crippen molar-refractivity contribution in [3.05, 3.63) is 89.0 Å². The Morgan fingerprint density at radius 1 is 0.914 bits per heavy atom. The van der Waals surface area contributed by atoms with Gasteiger partial charge in [-0.2, -0.15) is 0 Å². The fourth-order valence-corrected chi connectivity index (χ4v) is 5.21. The molecule has 8 nitrogen and oxygen atoms in total. The van der Waals surface area contributed by atoms with Crippen molar-refractivity contribution in [3.63, 3.8) is 0 Å². The zero-order valence-corrected chi connectivity index (χ0v) is 20.2. The van der Waals surface area contributed by atoms with Crippen LogP contribution in [0.5, 0.6) is 5.75 Å². The minimum absolute atomic E-state index is 0.0740. The van der Waals surface area contributed by atoms with E-state index in [2.05, 4.69) is 16.0 Å². The Labute approximate surface area is 204 Å². The number of amides is 2. The molecule has 0 spiro atoms. The van der Waals surface area contributed by atoms with Gasteiger partial charge in [-0.3, -0.25) is 4.79 Å². The average Bonchev–Trinajstić information content (AvgIpc) is 3.28.